The molecule has 2 aliphatic heterocycles. The fourth-order valence-corrected chi connectivity index (χ4v) is 9.28. The Kier molecular flexibility index (Phi) is 17.4. The van der Waals surface area contributed by atoms with E-state index in [-0.39, 0.29) is 95.7 Å². The monoisotopic (exact) mass is 983 g/mol. The van der Waals surface area contributed by atoms with Gasteiger partial charge in [0, 0.05) is 85.9 Å². The lowest BCUT2D eigenvalue weighted by Crippen LogP contribution is -2.49. The molecule has 3 heterocycles. The molecule has 1 aromatic heterocycles. The van der Waals surface area contributed by atoms with Gasteiger partial charge in [0.15, 0.2) is 17.0 Å². The minimum absolute atomic E-state index is 0.0202. The molecule has 5 N–H and O–H groups in total. The number of amides is 6. The molecule has 71 heavy (non-hydrogen) atoms. The Morgan fingerprint density at radius 3 is 2.20 bits per heavy atom. The summed E-state index contributed by atoms with van der Waals surface area (Å²) < 4.78 is 46.8. The largest absolute Gasteiger partial charge is 0.363 e. The number of urea groups is 1. The van der Waals surface area contributed by atoms with Crippen molar-refractivity contribution >= 4 is 63.5 Å². The summed E-state index contributed by atoms with van der Waals surface area (Å²) in [6, 6.07) is 11.2. The number of halogens is 3. The molecule has 2 aliphatic rings. The van der Waals surface area contributed by atoms with Crippen LogP contribution in [0.5, 0.6) is 0 Å². The van der Waals surface area contributed by atoms with E-state index in [9.17, 15) is 42.7 Å². The highest BCUT2D eigenvalue weighted by atomic mass is 19.1. The maximum Gasteiger partial charge on any atom is 0.312 e. The molecular weight excluding hydrogens is 922 g/mol. The average Bonchev–Trinajstić information content (AvgIpc) is 3.93. The fraction of sp³-hybridized carbons (Fsp3) is 0.423. The molecule has 3 atom stereocenters. The van der Waals surface area contributed by atoms with Crippen molar-refractivity contribution in [2.24, 2.45) is 17.6 Å². The first-order valence-electron chi connectivity index (χ1n) is 23.8. The lowest BCUT2D eigenvalue weighted by atomic mass is 9.89. The van der Waals surface area contributed by atoms with Crippen LogP contribution in [0.3, 0.4) is 0 Å². The second-order valence-electron chi connectivity index (χ2n) is 19.3. The molecule has 0 spiro atoms. The van der Waals surface area contributed by atoms with Crippen LogP contribution in [-0.2, 0) is 30.5 Å². The summed E-state index contributed by atoms with van der Waals surface area (Å²) >= 11 is 0. The van der Waals surface area contributed by atoms with Gasteiger partial charge in [-0.05, 0) is 74.9 Å². The van der Waals surface area contributed by atoms with Crippen molar-refractivity contribution in [3.63, 3.8) is 0 Å². The van der Waals surface area contributed by atoms with Crippen LogP contribution in [0.25, 0.3) is 16.6 Å². The third kappa shape index (κ3) is 13.4. The smallest absolute Gasteiger partial charge is 0.312 e. The number of nitrogens with zero attached hydrogens (tertiary/aromatic N) is 4. The number of hydrogen-bond donors (Lipinski definition) is 4. The van der Waals surface area contributed by atoms with E-state index in [2.05, 4.69) is 30.0 Å². The van der Waals surface area contributed by atoms with Crippen LogP contribution in [0, 0.1) is 29.3 Å². The molecule has 16 nitrogen and oxygen atoms in total. The van der Waals surface area contributed by atoms with Crippen molar-refractivity contribution in [3.8, 4) is 5.69 Å². The van der Waals surface area contributed by atoms with Gasteiger partial charge in [0.25, 0.3) is 11.8 Å². The Hall–Kier alpha value is -7.15. The molecule has 19 heteroatoms. The predicted molar refractivity (Wildman–Crippen MR) is 262 cm³/mol. The van der Waals surface area contributed by atoms with Gasteiger partial charge in [0.1, 0.15) is 30.0 Å². The van der Waals surface area contributed by atoms with Crippen molar-refractivity contribution in [1.29, 1.82) is 0 Å². The first-order valence-corrected chi connectivity index (χ1v) is 23.8. The van der Waals surface area contributed by atoms with Crippen molar-refractivity contribution in [3.05, 3.63) is 112 Å². The molecule has 0 bridgehead atoms. The number of ketones is 2. The van der Waals surface area contributed by atoms with E-state index in [0.717, 1.165) is 22.6 Å². The van der Waals surface area contributed by atoms with Gasteiger partial charge >= 0.3 is 6.03 Å². The normalized spacial score (nSPS) is 15.6. The number of likely N-dealkylation sites (N-methyl/N-ethyl adjacent to an activating group) is 1. The average molecular weight is 984 g/mol. The number of aromatic nitrogens is 1. The summed E-state index contributed by atoms with van der Waals surface area (Å²) in [5.74, 6) is -5.86. The number of unbranched alkanes of at least 4 members (excludes halogenated alkanes) is 2. The van der Waals surface area contributed by atoms with Gasteiger partial charge in [-0.25, -0.2) is 18.0 Å². The molecule has 1 saturated heterocycles. The number of fused-ring (bicyclic) bond motifs is 1. The maximum absolute atomic E-state index is 16.0. The lowest BCUT2D eigenvalue weighted by Gasteiger charge is -2.36. The van der Waals surface area contributed by atoms with Crippen molar-refractivity contribution in [2.75, 3.05) is 50.5 Å². The second-order valence-corrected chi connectivity index (χ2v) is 19.3. The van der Waals surface area contributed by atoms with E-state index in [1.54, 1.807) is 26.0 Å². The number of carbonyl (C=O) groups is 7. The zero-order chi connectivity index (χ0) is 51.7. The number of nitrogens with two attached hydrogens (primary N) is 1. The van der Waals surface area contributed by atoms with Gasteiger partial charge in [-0.2, -0.15) is 0 Å². The van der Waals surface area contributed by atoms with E-state index >= 15 is 8.78 Å². The first-order chi connectivity index (χ1) is 33.6. The Morgan fingerprint density at radius 2 is 1.55 bits per heavy atom. The molecule has 0 radical (unpaired) electrons. The first kappa shape index (κ1) is 53.2. The number of benzene rings is 3. The summed E-state index contributed by atoms with van der Waals surface area (Å²) in [5, 5.41) is 8.15. The minimum Gasteiger partial charge on any atom is -0.363 e. The van der Waals surface area contributed by atoms with Gasteiger partial charge in [0.05, 0.1) is 49.1 Å². The summed E-state index contributed by atoms with van der Waals surface area (Å²) in [6.45, 7) is 6.71. The van der Waals surface area contributed by atoms with Crippen LogP contribution in [0.2, 0.25) is 0 Å². The quantitative estimate of drug-likeness (QED) is 0.0295. The number of hydrogen-bond acceptors (Lipinski definition) is 9. The molecular formula is C52H62F3N8O8+. The predicted octanol–water partition coefficient (Wildman–Crippen LogP) is 6.05. The summed E-state index contributed by atoms with van der Waals surface area (Å²) in [6.07, 6.45) is 6.51. The number of anilines is 2. The maximum atomic E-state index is 16.0. The van der Waals surface area contributed by atoms with Crippen molar-refractivity contribution < 1.29 is 51.2 Å². The van der Waals surface area contributed by atoms with Crippen molar-refractivity contribution in [2.45, 2.75) is 90.8 Å². The van der Waals surface area contributed by atoms with Crippen LogP contribution in [0.4, 0.5) is 29.3 Å². The van der Waals surface area contributed by atoms with Crippen LogP contribution in [-0.4, -0.2) is 108 Å². The molecule has 1 fully saturated rings. The number of quaternary nitrogens is 1. The number of pyridine rings is 1. The fourth-order valence-electron chi connectivity index (χ4n) is 9.28. The van der Waals surface area contributed by atoms with Gasteiger partial charge in [-0.3, -0.25) is 38.5 Å². The molecule has 6 rings (SSSR count). The van der Waals surface area contributed by atoms with E-state index in [0.29, 0.717) is 68.0 Å². The number of primary amides is 1. The highest BCUT2D eigenvalue weighted by Gasteiger charge is 2.37. The van der Waals surface area contributed by atoms with Gasteiger partial charge in [-0.1, -0.05) is 32.4 Å². The van der Waals surface area contributed by atoms with E-state index in [1.165, 1.54) is 42.0 Å². The summed E-state index contributed by atoms with van der Waals surface area (Å²) in [5.41, 5.74) is 5.94. The number of nitrogens with one attached hydrogen (secondary N) is 3. The number of imide groups is 1. The van der Waals surface area contributed by atoms with Crippen LogP contribution < -0.4 is 32.0 Å². The summed E-state index contributed by atoms with van der Waals surface area (Å²) in [4.78, 5) is 104. The van der Waals surface area contributed by atoms with Crippen molar-refractivity contribution in [1.82, 2.24) is 20.1 Å². The molecule has 0 aliphatic carbocycles. The standard InChI is InChI=1S/C52H61F3N8O8/c1-31(2)49(59-46(66)11-7-6-8-22-61-47(67)18-19-48(61)68)45(65)24-34(10-9-21-57-52(56)71)51(70)58-36-15-12-33(13-16-36)30-63(4,5)37-20-23-60(28-37)44-27-43-38(26-41(44)55)50(69)39(32(3)64)29-62(43)42-17-14-35(53)25-40(42)54/h12-19,25-27,29,31,34,37,49H,6-11,20-24,28,30H2,1-5H3,(H4-,56,57,58,59,66,70,71)/p+1. The third-order valence-electron chi connectivity index (χ3n) is 13.3. The van der Waals surface area contributed by atoms with E-state index < -0.39 is 52.6 Å². The van der Waals surface area contributed by atoms with E-state index in [4.69, 9.17) is 5.73 Å². The van der Waals surface area contributed by atoms with E-state index in [1.807, 2.05) is 17.0 Å². The van der Waals surface area contributed by atoms with Gasteiger partial charge in [-0.15, -0.1) is 0 Å². The number of Topliss-reactive ketones (excluding diaryl/α,β-unsaturated/α-hetero) is 2. The molecule has 4 aromatic rings. The minimum atomic E-state index is -0.929. The molecule has 3 aromatic carbocycles. The van der Waals surface area contributed by atoms with Crippen LogP contribution >= 0.6 is 0 Å². The SMILES string of the molecule is CC(=O)c1cn(-c2ccc(F)cc2F)c2cc(N3CCC([N+](C)(C)Cc4ccc(NC(=O)C(CCCNC(N)=O)CC(=O)C(NC(=O)CCCCCN5C(=O)C=CC5=O)C(C)C)cc4)C3)c(F)cc2c1=O. The van der Waals surface area contributed by atoms with Gasteiger partial charge in [0.2, 0.25) is 11.8 Å². The zero-order valence-electron chi connectivity index (χ0n) is 40.7. The second kappa shape index (κ2) is 23.2. The third-order valence-corrected chi connectivity index (χ3v) is 13.3. The molecule has 0 saturated carbocycles. The Labute approximate surface area is 410 Å². The Morgan fingerprint density at radius 1 is 0.859 bits per heavy atom. The van der Waals surface area contributed by atoms with Crippen LogP contribution in [0.15, 0.2) is 77.7 Å². The van der Waals surface area contributed by atoms with Crippen LogP contribution in [0.1, 0.15) is 88.1 Å². The Balaban J connectivity index is 1.08. The zero-order valence-corrected chi connectivity index (χ0v) is 40.7. The Bertz CT molecular complexity index is 2780. The topological polar surface area (TPSA) is 210 Å². The summed E-state index contributed by atoms with van der Waals surface area (Å²) in [7, 11) is 4.12. The number of rotatable bonds is 23. The highest BCUT2D eigenvalue weighted by molar-refractivity contribution is 6.12. The molecule has 378 valence electrons. The lowest BCUT2D eigenvalue weighted by molar-refractivity contribution is -0.925. The number of carbonyl (C=O) groups excluding carboxylic acids is 7. The highest BCUT2D eigenvalue weighted by Crippen LogP contribution is 2.33. The van der Waals surface area contributed by atoms with Gasteiger partial charge < -0.3 is 35.6 Å². The molecule has 6 amide bonds. The molecule has 3 unspecified atom stereocenters.